The highest BCUT2D eigenvalue weighted by Gasteiger charge is 2.27. The molecule has 8 heteroatoms. The van der Waals surface area contributed by atoms with E-state index in [1.807, 2.05) is 12.1 Å². The van der Waals surface area contributed by atoms with E-state index in [2.05, 4.69) is 10.6 Å². The van der Waals surface area contributed by atoms with E-state index in [1.165, 1.54) is 12.0 Å². The molecule has 0 saturated heterocycles. The summed E-state index contributed by atoms with van der Waals surface area (Å²) in [5.41, 5.74) is 2.16. The first-order valence-electron chi connectivity index (χ1n) is 9.91. The fourth-order valence-electron chi connectivity index (χ4n) is 3.34. The molecule has 3 aromatic rings. The van der Waals surface area contributed by atoms with Gasteiger partial charge >= 0.3 is 0 Å². The molecule has 1 aliphatic rings. The highest BCUT2D eigenvalue weighted by molar-refractivity contribution is 6.15. The number of nitrogens with zero attached hydrogens (tertiary/aromatic N) is 1. The average molecular weight is 431 g/mol. The minimum atomic E-state index is -0.350. The number of ether oxygens (including phenoxy) is 2. The second-order valence-corrected chi connectivity index (χ2v) is 7.02. The third-order valence-corrected chi connectivity index (χ3v) is 4.86. The van der Waals surface area contributed by atoms with Crippen LogP contribution in [0.25, 0.3) is 0 Å². The molecule has 0 spiro atoms. The number of methoxy groups -OCH3 is 1. The Kier molecular flexibility index (Phi) is 6.03. The van der Waals surface area contributed by atoms with Gasteiger partial charge in [0, 0.05) is 11.3 Å². The fraction of sp³-hybridized carbons (Fsp3) is 0.125. The van der Waals surface area contributed by atoms with Crippen LogP contribution in [0.5, 0.6) is 11.5 Å². The van der Waals surface area contributed by atoms with E-state index in [-0.39, 0.29) is 30.9 Å². The molecule has 0 saturated carbocycles. The second kappa shape index (κ2) is 9.22. The van der Waals surface area contributed by atoms with Gasteiger partial charge in [-0.25, -0.2) is 0 Å². The molecule has 1 heterocycles. The van der Waals surface area contributed by atoms with Crippen LogP contribution in [-0.4, -0.2) is 38.0 Å². The molecule has 32 heavy (non-hydrogen) atoms. The van der Waals surface area contributed by atoms with Gasteiger partial charge in [-0.1, -0.05) is 24.3 Å². The molecule has 0 radical (unpaired) electrons. The number of carbonyl (C=O) groups is 3. The zero-order chi connectivity index (χ0) is 22.5. The van der Waals surface area contributed by atoms with Crippen molar-refractivity contribution in [3.05, 3.63) is 78.4 Å². The average Bonchev–Trinajstić information content (AvgIpc) is 2.82. The first-order chi connectivity index (χ1) is 15.5. The normalized spacial score (nSPS) is 12.4. The van der Waals surface area contributed by atoms with Crippen LogP contribution in [0.1, 0.15) is 10.4 Å². The molecule has 0 aromatic heterocycles. The van der Waals surface area contributed by atoms with E-state index >= 15 is 0 Å². The maximum Gasteiger partial charge on any atom is 0.262 e. The number of para-hydroxylation sites is 4. The zero-order valence-corrected chi connectivity index (χ0v) is 17.3. The lowest BCUT2D eigenvalue weighted by molar-refractivity contribution is -0.118. The maximum absolute atomic E-state index is 13.0. The quantitative estimate of drug-likeness (QED) is 0.624. The number of hydrogen-bond acceptors (Lipinski definition) is 5. The van der Waals surface area contributed by atoms with Crippen molar-refractivity contribution in [1.82, 2.24) is 0 Å². The van der Waals surface area contributed by atoms with Gasteiger partial charge in [-0.05, 0) is 48.5 Å². The molecule has 2 N–H and O–H groups in total. The molecule has 4 rings (SSSR count). The van der Waals surface area contributed by atoms with Crippen LogP contribution in [0, 0.1) is 0 Å². The molecule has 3 aromatic carbocycles. The Balaban J connectivity index is 1.39. The summed E-state index contributed by atoms with van der Waals surface area (Å²) in [6.07, 6.45) is 0. The number of hydrogen-bond donors (Lipinski definition) is 2. The van der Waals surface area contributed by atoms with Crippen LogP contribution >= 0.6 is 0 Å². The predicted molar refractivity (Wildman–Crippen MR) is 120 cm³/mol. The Morgan fingerprint density at radius 1 is 0.969 bits per heavy atom. The monoisotopic (exact) mass is 431 g/mol. The topological polar surface area (TPSA) is 97.0 Å². The number of carbonyl (C=O) groups excluding carboxylic acids is 3. The van der Waals surface area contributed by atoms with Gasteiger partial charge in [-0.3, -0.25) is 19.3 Å². The van der Waals surface area contributed by atoms with Gasteiger partial charge in [0.05, 0.1) is 18.5 Å². The molecule has 3 amide bonds. The standard InChI is InChI=1S/C24H21N3O5/c1-31-20-8-4-5-9-21(20)32-15-23(29)25-17-12-10-16(11-13-17)24(30)27-14-22(28)26-18-6-2-3-7-19(18)27/h2-13H,14-15H2,1H3,(H,25,29)(H,26,28). The van der Waals surface area contributed by atoms with Gasteiger partial charge in [0.15, 0.2) is 18.1 Å². The number of amides is 3. The first kappa shape index (κ1) is 20.9. The maximum atomic E-state index is 13.0. The van der Waals surface area contributed by atoms with Crippen molar-refractivity contribution < 1.29 is 23.9 Å². The largest absolute Gasteiger partial charge is 0.493 e. The Morgan fingerprint density at radius 2 is 1.66 bits per heavy atom. The van der Waals surface area contributed by atoms with Crippen LogP contribution in [0.15, 0.2) is 72.8 Å². The van der Waals surface area contributed by atoms with Crippen molar-refractivity contribution in [2.24, 2.45) is 0 Å². The summed E-state index contributed by atoms with van der Waals surface area (Å²) in [6, 6.07) is 20.7. The lowest BCUT2D eigenvalue weighted by Gasteiger charge is -2.29. The van der Waals surface area contributed by atoms with Gasteiger partial charge in [-0.2, -0.15) is 0 Å². The van der Waals surface area contributed by atoms with Crippen LogP contribution in [0.2, 0.25) is 0 Å². The van der Waals surface area contributed by atoms with Crippen molar-refractivity contribution in [1.29, 1.82) is 0 Å². The highest BCUT2D eigenvalue weighted by atomic mass is 16.5. The summed E-state index contributed by atoms with van der Waals surface area (Å²) in [5, 5.41) is 5.48. The molecule has 8 nitrogen and oxygen atoms in total. The predicted octanol–water partition coefficient (Wildman–Crippen LogP) is 3.31. The van der Waals surface area contributed by atoms with E-state index in [1.54, 1.807) is 60.7 Å². The first-order valence-corrected chi connectivity index (χ1v) is 9.91. The molecule has 162 valence electrons. The molecule has 0 fully saturated rings. The number of nitrogens with one attached hydrogen (secondary N) is 2. The lowest BCUT2D eigenvalue weighted by atomic mass is 10.1. The fourth-order valence-corrected chi connectivity index (χ4v) is 3.34. The summed E-state index contributed by atoms with van der Waals surface area (Å²) >= 11 is 0. The number of rotatable bonds is 6. The third-order valence-electron chi connectivity index (χ3n) is 4.86. The summed E-state index contributed by atoms with van der Waals surface area (Å²) in [5.74, 6) is 0.102. The molecule has 1 aliphatic heterocycles. The van der Waals surface area contributed by atoms with Crippen molar-refractivity contribution in [3.63, 3.8) is 0 Å². The van der Waals surface area contributed by atoms with Crippen molar-refractivity contribution in [2.45, 2.75) is 0 Å². The minimum Gasteiger partial charge on any atom is -0.493 e. The molecular formula is C24H21N3O5. The summed E-state index contributed by atoms with van der Waals surface area (Å²) in [7, 11) is 1.53. The Morgan fingerprint density at radius 3 is 2.41 bits per heavy atom. The van der Waals surface area contributed by atoms with E-state index in [4.69, 9.17) is 9.47 Å². The van der Waals surface area contributed by atoms with Gasteiger partial charge in [0.2, 0.25) is 5.91 Å². The van der Waals surface area contributed by atoms with Gasteiger partial charge in [0.1, 0.15) is 6.54 Å². The van der Waals surface area contributed by atoms with E-state index in [0.29, 0.717) is 34.1 Å². The van der Waals surface area contributed by atoms with E-state index < -0.39 is 0 Å². The van der Waals surface area contributed by atoms with E-state index in [0.717, 1.165) is 0 Å². The van der Waals surface area contributed by atoms with Crippen LogP contribution in [-0.2, 0) is 9.59 Å². The lowest BCUT2D eigenvalue weighted by Crippen LogP contribution is -2.42. The van der Waals surface area contributed by atoms with Gasteiger partial charge in [-0.15, -0.1) is 0 Å². The van der Waals surface area contributed by atoms with Crippen LogP contribution in [0.3, 0.4) is 0 Å². The third kappa shape index (κ3) is 4.54. The molecule has 0 bridgehead atoms. The molecule has 0 atom stereocenters. The Labute approximate surface area is 184 Å². The smallest absolute Gasteiger partial charge is 0.262 e. The minimum absolute atomic E-state index is 0.0609. The zero-order valence-electron chi connectivity index (χ0n) is 17.3. The number of benzene rings is 3. The van der Waals surface area contributed by atoms with Gasteiger partial charge in [0.25, 0.3) is 11.8 Å². The molecule has 0 unspecified atom stereocenters. The highest BCUT2D eigenvalue weighted by Crippen LogP contribution is 2.30. The van der Waals surface area contributed by atoms with Crippen molar-refractivity contribution >= 4 is 34.8 Å². The van der Waals surface area contributed by atoms with Gasteiger partial charge < -0.3 is 20.1 Å². The summed E-state index contributed by atoms with van der Waals surface area (Å²) < 4.78 is 10.7. The summed E-state index contributed by atoms with van der Waals surface area (Å²) in [6.45, 7) is -0.255. The Hall–Kier alpha value is -4.33. The number of anilines is 3. The Bertz CT molecular complexity index is 1160. The van der Waals surface area contributed by atoms with E-state index in [9.17, 15) is 14.4 Å². The second-order valence-electron chi connectivity index (χ2n) is 7.02. The number of fused-ring (bicyclic) bond motifs is 1. The van der Waals surface area contributed by atoms with Crippen molar-refractivity contribution in [3.8, 4) is 11.5 Å². The SMILES string of the molecule is COc1ccccc1OCC(=O)Nc1ccc(C(=O)N2CC(=O)Nc3ccccc32)cc1. The summed E-state index contributed by atoms with van der Waals surface area (Å²) in [4.78, 5) is 38.6. The van der Waals surface area contributed by atoms with Crippen molar-refractivity contribution in [2.75, 3.05) is 35.8 Å². The molecular weight excluding hydrogens is 410 g/mol. The van der Waals surface area contributed by atoms with Crippen LogP contribution < -0.4 is 25.0 Å². The molecule has 0 aliphatic carbocycles. The van der Waals surface area contributed by atoms with Crippen LogP contribution in [0.4, 0.5) is 17.1 Å².